The average molecular weight is 294 g/mol. The van der Waals surface area contributed by atoms with E-state index in [1.54, 1.807) is 28.8 Å². The molecule has 0 aliphatic carbocycles. The first kappa shape index (κ1) is 12.1. The number of carbonyl (C=O) groups excluding carboxylic acids is 1. The van der Waals surface area contributed by atoms with Gasteiger partial charge in [-0.1, -0.05) is 35.1 Å². The summed E-state index contributed by atoms with van der Waals surface area (Å²) in [6.07, 6.45) is 1.52. The molecule has 0 aliphatic heterocycles. The lowest BCUT2D eigenvalue weighted by Crippen LogP contribution is -2.23. The van der Waals surface area contributed by atoms with Gasteiger partial charge in [-0.2, -0.15) is 9.61 Å². The summed E-state index contributed by atoms with van der Waals surface area (Å²) < 4.78 is 1.57. The van der Waals surface area contributed by atoms with E-state index in [-0.39, 0.29) is 5.91 Å². The number of hydrogen-bond acceptors (Lipinski definition) is 5. The summed E-state index contributed by atoms with van der Waals surface area (Å²) in [5.74, 6) is -0.225. The predicted octanol–water partition coefficient (Wildman–Crippen LogP) is 1.77. The number of aromatic nitrogens is 4. The Bertz CT molecular complexity index is 709. The van der Waals surface area contributed by atoms with Crippen molar-refractivity contribution in [3.05, 3.63) is 46.2 Å². The molecule has 2 aromatic heterocycles. The topological polar surface area (TPSA) is 72.2 Å². The highest BCUT2D eigenvalue weighted by Crippen LogP contribution is 2.15. The summed E-state index contributed by atoms with van der Waals surface area (Å²) in [6.45, 7) is 0.331. The number of nitrogens with zero attached hydrogens (tertiary/aromatic N) is 4. The maximum absolute atomic E-state index is 11.9. The second kappa shape index (κ2) is 4.94. The lowest BCUT2D eigenvalue weighted by Gasteiger charge is -2.04. The lowest BCUT2D eigenvalue weighted by molar-refractivity contribution is 0.0951. The molecule has 19 heavy (non-hydrogen) atoms. The molecule has 0 bridgehead atoms. The molecule has 0 aliphatic rings. The molecule has 1 N–H and O–H groups in total. The Morgan fingerprint density at radius 3 is 3.05 bits per heavy atom. The van der Waals surface area contributed by atoms with E-state index in [4.69, 9.17) is 11.6 Å². The maximum atomic E-state index is 11.9. The van der Waals surface area contributed by atoms with Crippen LogP contribution in [0.4, 0.5) is 0 Å². The van der Waals surface area contributed by atoms with Gasteiger partial charge in [0.1, 0.15) is 11.3 Å². The van der Waals surface area contributed by atoms with E-state index in [2.05, 4.69) is 20.6 Å². The van der Waals surface area contributed by atoms with Crippen molar-refractivity contribution in [3.63, 3.8) is 0 Å². The third kappa shape index (κ3) is 2.42. The van der Waals surface area contributed by atoms with Crippen molar-refractivity contribution in [1.29, 1.82) is 0 Å². The van der Waals surface area contributed by atoms with Crippen LogP contribution in [-0.4, -0.2) is 25.7 Å². The smallest absolute Gasteiger partial charge is 0.253 e. The van der Waals surface area contributed by atoms with Crippen molar-refractivity contribution < 1.29 is 4.79 Å². The van der Waals surface area contributed by atoms with Crippen molar-refractivity contribution in [2.24, 2.45) is 0 Å². The van der Waals surface area contributed by atoms with Crippen LogP contribution in [-0.2, 0) is 6.54 Å². The van der Waals surface area contributed by atoms with Gasteiger partial charge in [0.15, 0.2) is 0 Å². The highest BCUT2D eigenvalue weighted by molar-refractivity contribution is 7.16. The molecular weight excluding hydrogens is 286 g/mol. The fourth-order valence-electron chi connectivity index (χ4n) is 1.57. The first-order valence-corrected chi connectivity index (χ1v) is 6.62. The molecule has 0 unspecified atom stereocenters. The zero-order valence-corrected chi connectivity index (χ0v) is 11.1. The van der Waals surface area contributed by atoms with E-state index in [1.165, 1.54) is 17.7 Å². The molecule has 0 atom stereocenters. The largest absolute Gasteiger partial charge is 0.345 e. The Morgan fingerprint density at radius 1 is 1.42 bits per heavy atom. The molecule has 1 amide bonds. The van der Waals surface area contributed by atoms with Gasteiger partial charge in [-0.25, -0.2) is 0 Å². The molecule has 0 radical (unpaired) electrons. The summed E-state index contributed by atoms with van der Waals surface area (Å²) in [6, 6.07) is 6.90. The van der Waals surface area contributed by atoms with Crippen molar-refractivity contribution in [2.75, 3.05) is 0 Å². The Hall–Kier alpha value is -1.99. The molecule has 3 aromatic rings. The van der Waals surface area contributed by atoms with Crippen LogP contribution in [0.25, 0.3) is 4.96 Å². The second-order valence-electron chi connectivity index (χ2n) is 3.72. The Labute approximate surface area is 117 Å². The number of fused-ring (bicyclic) bond motifs is 1. The van der Waals surface area contributed by atoms with Gasteiger partial charge < -0.3 is 5.32 Å². The number of halogens is 1. The van der Waals surface area contributed by atoms with E-state index >= 15 is 0 Å². The number of benzene rings is 1. The minimum Gasteiger partial charge on any atom is -0.345 e. The minimum atomic E-state index is -0.225. The van der Waals surface area contributed by atoms with Gasteiger partial charge >= 0.3 is 0 Å². The van der Waals surface area contributed by atoms with Gasteiger partial charge in [-0.05, 0) is 12.1 Å². The molecule has 1 aromatic carbocycles. The fraction of sp³-hybridized carbons (Fsp3) is 0.0909. The third-order valence-electron chi connectivity index (χ3n) is 2.45. The van der Waals surface area contributed by atoms with E-state index in [9.17, 15) is 4.79 Å². The quantitative estimate of drug-likeness (QED) is 0.799. The van der Waals surface area contributed by atoms with Crippen LogP contribution in [0.2, 0.25) is 5.02 Å². The zero-order valence-electron chi connectivity index (χ0n) is 9.58. The van der Waals surface area contributed by atoms with Crippen molar-refractivity contribution in [3.8, 4) is 0 Å². The summed E-state index contributed by atoms with van der Waals surface area (Å²) in [5.41, 5.74) is 0.451. The number of amides is 1. The third-order valence-corrected chi connectivity index (χ3v) is 3.69. The van der Waals surface area contributed by atoms with Crippen LogP contribution < -0.4 is 5.32 Å². The monoisotopic (exact) mass is 293 g/mol. The predicted molar refractivity (Wildman–Crippen MR) is 71.3 cm³/mol. The minimum absolute atomic E-state index is 0.225. The molecule has 8 heteroatoms. The fourth-order valence-corrected chi connectivity index (χ4v) is 2.54. The van der Waals surface area contributed by atoms with E-state index in [0.717, 1.165) is 5.01 Å². The molecule has 3 rings (SSSR count). The number of hydrogen-bond donors (Lipinski definition) is 1. The summed E-state index contributed by atoms with van der Waals surface area (Å²) in [4.78, 5) is 12.6. The van der Waals surface area contributed by atoms with Crippen molar-refractivity contribution in [2.45, 2.75) is 6.54 Å². The molecule has 96 valence electrons. The molecule has 0 spiro atoms. The number of carbonyl (C=O) groups is 1. The van der Waals surface area contributed by atoms with Crippen LogP contribution >= 0.6 is 22.9 Å². The van der Waals surface area contributed by atoms with Crippen LogP contribution in [0.1, 0.15) is 15.4 Å². The van der Waals surface area contributed by atoms with Crippen LogP contribution in [0.15, 0.2) is 30.6 Å². The lowest BCUT2D eigenvalue weighted by atomic mass is 10.2. The molecule has 0 fully saturated rings. The summed E-state index contributed by atoms with van der Waals surface area (Å²) >= 11 is 7.33. The number of rotatable bonds is 3. The van der Waals surface area contributed by atoms with Gasteiger partial charge in [0.05, 0.1) is 17.1 Å². The van der Waals surface area contributed by atoms with Gasteiger partial charge in [-0.15, -0.1) is 10.2 Å². The first-order chi connectivity index (χ1) is 9.24. The highest BCUT2D eigenvalue weighted by Gasteiger charge is 2.11. The Morgan fingerprint density at radius 2 is 2.26 bits per heavy atom. The molecular formula is C11H8ClN5OS. The van der Waals surface area contributed by atoms with Gasteiger partial charge in [0.2, 0.25) is 4.96 Å². The maximum Gasteiger partial charge on any atom is 0.253 e. The van der Waals surface area contributed by atoms with Crippen LogP contribution in [0.3, 0.4) is 0 Å². The number of nitrogens with one attached hydrogen (secondary N) is 1. The van der Waals surface area contributed by atoms with Gasteiger partial charge in [0, 0.05) is 0 Å². The SMILES string of the molecule is O=C(NCc1nn2cnnc2s1)c1ccccc1Cl. The molecule has 0 saturated heterocycles. The van der Waals surface area contributed by atoms with Crippen molar-refractivity contribution in [1.82, 2.24) is 25.1 Å². The van der Waals surface area contributed by atoms with Crippen LogP contribution in [0.5, 0.6) is 0 Å². The molecule has 2 heterocycles. The standard InChI is InChI=1S/C11H8ClN5OS/c12-8-4-2-1-3-7(8)10(18)13-5-9-16-17-6-14-15-11(17)19-9/h1-4,6H,5H2,(H,13,18). The first-order valence-electron chi connectivity index (χ1n) is 5.42. The van der Waals surface area contributed by atoms with Crippen molar-refractivity contribution >= 4 is 33.8 Å². The van der Waals surface area contributed by atoms with E-state index in [0.29, 0.717) is 22.1 Å². The Kier molecular flexibility index (Phi) is 3.14. The highest BCUT2D eigenvalue weighted by atomic mass is 35.5. The summed E-state index contributed by atoms with van der Waals surface area (Å²) in [7, 11) is 0. The zero-order chi connectivity index (χ0) is 13.2. The normalized spacial score (nSPS) is 10.8. The summed E-state index contributed by atoms with van der Waals surface area (Å²) in [5, 5.41) is 15.8. The second-order valence-corrected chi connectivity index (χ2v) is 5.16. The van der Waals surface area contributed by atoms with Crippen LogP contribution in [0, 0.1) is 0 Å². The Balaban J connectivity index is 1.71. The van der Waals surface area contributed by atoms with E-state index in [1.807, 2.05) is 0 Å². The van der Waals surface area contributed by atoms with Gasteiger partial charge in [-0.3, -0.25) is 4.79 Å². The molecule has 0 saturated carbocycles. The van der Waals surface area contributed by atoms with E-state index < -0.39 is 0 Å². The molecule has 6 nitrogen and oxygen atoms in total. The van der Waals surface area contributed by atoms with Gasteiger partial charge in [0.25, 0.3) is 5.91 Å². The average Bonchev–Trinajstić information content (AvgIpc) is 2.97.